The van der Waals surface area contributed by atoms with Crippen LogP contribution in [0.4, 0.5) is 22.3 Å². The molecule has 0 radical (unpaired) electrons. The van der Waals surface area contributed by atoms with Gasteiger partial charge in [-0.25, -0.2) is 15.0 Å². The van der Waals surface area contributed by atoms with Crippen LogP contribution in [0.1, 0.15) is 11.4 Å². The van der Waals surface area contributed by atoms with Crippen LogP contribution in [-0.4, -0.2) is 15.0 Å². The molecule has 0 unspecified atom stereocenters. The van der Waals surface area contributed by atoms with Crippen LogP contribution in [0.2, 0.25) is 10.0 Å². The first-order valence-corrected chi connectivity index (χ1v) is 10.4. The normalized spacial score (nSPS) is 11.0. The maximum absolute atomic E-state index is 6.25. The molecule has 2 heterocycles. The summed E-state index contributed by atoms with van der Waals surface area (Å²) >= 11 is 18.5. The summed E-state index contributed by atoms with van der Waals surface area (Å²) in [5.41, 5.74) is 3.26. The highest BCUT2D eigenvalue weighted by atomic mass is 35.5. The Morgan fingerprint density at radius 3 is 2.43 bits per heavy atom. The SMILES string of the molecule is Cc1ccc(Nc2nc(C)nc3sc(Nc4c(Cl)cccc4Cl)nc23)c(S)c1. The number of halogens is 2. The van der Waals surface area contributed by atoms with Crippen molar-refractivity contribution in [2.24, 2.45) is 0 Å². The summed E-state index contributed by atoms with van der Waals surface area (Å²) in [6.07, 6.45) is 0. The van der Waals surface area contributed by atoms with E-state index in [-0.39, 0.29) is 0 Å². The van der Waals surface area contributed by atoms with Gasteiger partial charge in [0.05, 0.1) is 21.4 Å². The van der Waals surface area contributed by atoms with Crippen molar-refractivity contribution < 1.29 is 0 Å². The number of fused-ring (bicyclic) bond motifs is 1. The minimum absolute atomic E-state index is 0.520. The second-order valence-electron chi connectivity index (χ2n) is 6.16. The Kier molecular flexibility index (Phi) is 5.33. The van der Waals surface area contributed by atoms with Crippen LogP contribution in [0.3, 0.4) is 0 Å². The number of aromatic nitrogens is 3. The molecule has 2 aromatic heterocycles. The summed E-state index contributed by atoms with van der Waals surface area (Å²) in [5, 5.41) is 8.18. The van der Waals surface area contributed by atoms with Gasteiger partial charge in [-0.05, 0) is 43.7 Å². The molecule has 0 aliphatic heterocycles. The number of hydrogen-bond acceptors (Lipinski definition) is 7. The smallest absolute Gasteiger partial charge is 0.190 e. The lowest BCUT2D eigenvalue weighted by Gasteiger charge is -2.10. The molecule has 0 aliphatic carbocycles. The fourth-order valence-electron chi connectivity index (χ4n) is 2.67. The van der Waals surface area contributed by atoms with Crippen LogP contribution in [0, 0.1) is 13.8 Å². The first kappa shape index (κ1) is 19.3. The number of nitrogens with zero attached hydrogens (tertiary/aromatic N) is 3. The van der Waals surface area contributed by atoms with Gasteiger partial charge in [-0.3, -0.25) is 0 Å². The highest BCUT2D eigenvalue weighted by molar-refractivity contribution is 7.80. The van der Waals surface area contributed by atoms with Gasteiger partial charge >= 0.3 is 0 Å². The Labute approximate surface area is 181 Å². The molecular weight excluding hydrogens is 433 g/mol. The van der Waals surface area contributed by atoms with Gasteiger partial charge in [-0.2, -0.15) is 0 Å². The van der Waals surface area contributed by atoms with Gasteiger partial charge in [0.15, 0.2) is 15.8 Å². The number of para-hydroxylation sites is 1. The monoisotopic (exact) mass is 447 g/mol. The van der Waals surface area contributed by atoms with E-state index in [9.17, 15) is 0 Å². The lowest BCUT2D eigenvalue weighted by atomic mass is 10.2. The lowest BCUT2D eigenvalue weighted by Crippen LogP contribution is -1.99. The van der Waals surface area contributed by atoms with Gasteiger partial charge in [0.2, 0.25) is 0 Å². The molecule has 28 heavy (non-hydrogen) atoms. The van der Waals surface area contributed by atoms with Gasteiger partial charge < -0.3 is 10.6 Å². The van der Waals surface area contributed by atoms with Crippen molar-refractivity contribution >= 4 is 79.8 Å². The van der Waals surface area contributed by atoms with Crippen LogP contribution in [-0.2, 0) is 0 Å². The standard InChI is InChI=1S/C19H15Cl2N5S2/c1-9-6-7-13(14(27)8-9)24-17-16-18(23-10(2)22-17)28-19(26-16)25-15-11(20)4-3-5-12(15)21/h3-8,27H,1-2H3,(H,25,26)(H,22,23,24). The molecule has 2 aromatic carbocycles. The summed E-state index contributed by atoms with van der Waals surface area (Å²) in [6.45, 7) is 3.87. The van der Waals surface area contributed by atoms with Crippen LogP contribution in [0.25, 0.3) is 10.3 Å². The van der Waals surface area contributed by atoms with Gasteiger partial charge in [0, 0.05) is 4.90 Å². The first-order chi connectivity index (χ1) is 13.4. The zero-order valence-electron chi connectivity index (χ0n) is 14.9. The van der Waals surface area contributed by atoms with Gasteiger partial charge in [-0.1, -0.05) is 46.7 Å². The zero-order chi connectivity index (χ0) is 19.8. The van der Waals surface area contributed by atoms with Gasteiger partial charge in [0.1, 0.15) is 11.3 Å². The molecule has 0 amide bonds. The zero-order valence-corrected chi connectivity index (χ0v) is 18.1. The largest absolute Gasteiger partial charge is 0.337 e. The molecule has 0 aliphatic rings. The summed E-state index contributed by atoms with van der Waals surface area (Å²) in [5.74, 6) is 1.27. The second kappa shape index (κ2) is 7.75. The topological polar surface area (TPSA) is 62.7 Å². The van der Waals surface area contributed by atoms with E-state index in [0.717, 1.165) is 21.0 Å². The molecule has 4 aromatic rings. The molecule has 0 fully saturated rings. The molecule has 2 N–H and O–H groups in total. The molecule has 0 bridgehead atoms. The first-order valence-electron chi connectivity index (χ1n) is 8.33. The average Bonchev–Trinajstić information content (AvgIpc) is 3.03. The maximum atomic E-state index is 6.25. The van der Waals surface area contributed by atoms with Crippen LogP contribution < -0.4 is 10.6 Å². The van der Waals surface area contributed by atoms with Crippen molar-refractivity contribution in [3.63, 3.8) is 0 Å². The van der Waals surface area contributed by atoms with Crippen molar-refractivity contribution in [1.82, 2.24) is 15.0 Å². The van der Waals surface area contributed by atoms with Crippen LogP contribution >= 0.6 is 47.2 Å². The maximum Gasteiger partial charge on any atom is 0.190 e. The predicted octanol–water partition coefficient (Wildman–Crippen LogP) is 6.79. The quantitative estimate of drug-likeness (QED) is 0.300. The van der Waals surface area contributed by atoms with E-state index >= 15 is 0 Å². The van der Waals surface area contributed by atoms with E-state index in [1.165, 1.54) is 11.3 Å². The van der Waals surface area contributed by atoms with Crippen molar-refractivity contribution in [1.29, 1.82) is 0 Å². The number of hydrogen-bond donors (Lipinski definition) is 3. The average molecular weight is 448 g/mol. The van der Waals surface area contributed by atoms with E-state index < -0.39 is 0 Å². The lowest BCUT2D eigenvalue weighted by molar-refractivity contribution is 1.09. The molecule has 0 saturated heterocycles. The fraction of sp³-hybridized carbons (Fsp3) is 0.105. The van der Waals surface area contributed by atoms with E-state index in [4.69, 9.17) is 23.2 Å². The second-order valence-corrected chi connectivity index (χ2v) is 8.43. The minimum Gasteiger partial charge on any atom is -0.337 e. The number of rotatable bonds is 4. The van der Waals surface area contributed by atoms with Crippen molar-refractivity contribution in [3.8, 4) is 0 Å². The van der Waals surface area contributed by atoms with Gasteiger partial charge in [-0.15, -0.1) is 12.6 Å². The van der Waals surface area contributed by atoms with E-state index in [1.807, 2.05) is 32.0 Å². The molecule has 0 atom stereocenters. The molecule has 0 spiro atoms. The van der Waals surface area contributed by atoms with E-state index in [1.54, 1.807) is 18.2 Å². The third kappa shape index (κ3) is 3.89. The van der Waals surface area contributed by atoms with Crippen LogP contribution in [0.5, 0.6) is 0 Å². The Bertz CT molecular complexity index is 1170. The fourth-order valence-corrected chi connectivity index (χ4v) is 4.38. The highest BCUT2D eigenvalue weighted by Crippen LogP contribution is 2.37. The number of thiol groups is 1. The highest BCUT2D eigenvalue weighted by Gasteiger charge is 2.15. The Hall–Kier alpha value is -2.06. The number of anilines is 4. The summed E-state index contributed by atoms with van der Waals surface area (Å²) in [7, 11) is 0. The van der Waals surface area contributed by atoms with Crippen molar-refractivity contribution in [2.45, 2.75) is 18.7 Å². The summed E-state index contributed by atoms with van der Waals surface area (Å²) in [6, 6.07) is 11.3. The number of nitrogens with one attached hydrogen (secondary N) is 2. The Balaban J connectivity index is 1.74. The molecule has 0 saturated carbocycles. The Morgan fingerprint density at radius 1 is 0.964 bits per heavy atom. The predicted molar refractivity (Wildman–Crippen MR) is 121 cm³/mol. The third-order valence-electron chi connectivity index (χ3n) is 3.97. The molecule has 142 valence electrons. The Morgan fingerprint density at radius 2 is 1.71 bits per heavy atom. The molecule has 4 rings (SSSR count). The van der Waals surface area contributed by atoms with Crippen LogP contribution in [0.15, 0.2) is 41.3 Å². The molecular formula is C19H15Cl2N5S2. The van der Waals surface area contributed by atoms with Gasteiger partial charge in [0.25, 0.3) is 0 Å². The number of benzene rings is 2. The van der Waals surface area contributed by atoms with Crippen molar-refractivity contribution in [2.75, 3.05) is 10.6 Å². The number of aryl methyl sites for hydroxylation is 2. The summed E-state index contributed by atoms with van der Waals surface area (Å²) in [4.78, 5) is 15.3. The molecule has 5 nitrogen and oxygen atoms in total. The van der Waals surface area contributed by atoms with E-state index in [2.05, 4.69) is 38.2 Å². The van der Waals surface area contributed by atoms with E-state index in [0.29, 0.717) is 38.0 Å². The number of thiazole rings is 1. The third-order valence-corrected chi connectivity index (χ3v) is 5.84. The van der Waals surface area contributed by atoms with Crippen molar-refractivity contribution in [3.05, 3.63) is 57.8 Å². The molecule has 9 heteroatoms. The summed E-state index contributed by atoms with van der Waals surface area (Å²) < 4.78 is 0. The minimum atomic E-state index is 0.520.